The fourth-order valence-electron chi connectivity index (χ4n) is 3.79. The van der Waals surface area contributed by atoms with Crippen molar-refractivity contribution in [3.8, 4) is 28.4 Å². The van der Waals surface area contributed by atoms with Gasteiger partial charge in [0.05, 0.1) is 18.5 Å². The first-order chi connectivity index (χ1) is 14.2. The highest BCUT2D eigenvalue weighted by atomic mass is 16.5. The molecule has 2 N–H and O–H groups in total. The molecule has 1 amide bonds. The van der Waals surface area contributed by atoms with Crippen LogP contribution in [0.5, 0.6) is 5.75 Å². The van der Waals surface area contributed by atoms with Crippen LogP contribution in [-0.4, -0.2) is 23.0 Å². The zero-order valence-corrected chi connectivity index (χ0v) is 15.8. The fourth-order valence-corrected chi connectivity index (χ4v) is 3.79. The molecule has 1 unspecified atom stereocenters. The van der Waals surface area contributed by atoms with E-state index in [0.717, 1.165) is 45.3 Å². The van der Waals surface area contributed by atoms with Crippen LogP contribution in [-0.2, 0) is 4.79 Å². The molecule has 1 aromatic heterocycles. The molecular weight excluding hydrogens is 362 g/mol. The van der Waals surface area contributed by atoms with E-state index in [0.29, 0.717) is 0 Å². The van der Waals surface area contributed by atoms with Gasteiger partial charge in [0, 0.05) is 16.8 Å². The summed E-state index contributed by atoms with van der Waals surface area (Å²) in [6.07, 6.45) is 0. The average molecular weight is 381 g/mol. The van der Waals surface area contributed by atoms with Crippen molar-refractivity contribution in [2.75, 3.05) is 12.4 Å². The number of hydrogen-bond donors (Lipinski definition) is 2. The van der Waals surface area contributed by atoms with E-state index in [-0.39, 0.29) is 5.91 Å². The predicted octanol–water partition coefficient (Wildman–Crippen LogP) is 4.84. The lowest BCUT2D eigenvalue weighted by Crippen LogP contribution is -2.14. The number of aromatic nitrogens is 2. The van der Waals surface area contributed by atoms with Gasteiger partial charge >= 0.3 is 0 Å². The number of aromatic amines is 1. The van der Waals surface area contributed by atoms with Gasteiger partial charge in [0.2, 0.25) is 5.91 Å². The van der Waals surface area contributed by atoms with E-state index in [9.17, 15) is 4.79 Å². The van der Waals surface area contributed by atoms with Crippen molar-refractivity contribution in [3.05, 3.63) is 90.1 Å². The normalized spacial score (nSPS) is 15.1. The summed E-state index contributed by atoms with van der Waals surface area (Å²) in [6, 6.07) is 25.4. The van der Waals surface area contributed by atoms with E-state index < -0.39 is 5.92 Å². The largest absolute Gasteiger partial charge is 0.497 e. The summed E-state index contributed by atoms with van der Waals surface area (Å²) in [6.45, 7) is 0. The third kappa shape index (κ3) is 2.97. The van der Waals surface area contributed by atoms with Crippen molar-refractivity contribution in [1.82, 2.24) is 9.97 Å². The molecule has 0 aliphatic carbocycles. The molecule has 0 bridgehead atoms. The molecule has 0 spiro atoms. The van der Waals surface area contributed by atoms with Crippen molar-refractivity contribution >= 4 is 11.6 Å². The maximum absolute atomic E-state index is 12.9. The van der Waals surface area contributed by atoms with Gasteiger partial charge in [-0.2, -0.15) is 0 Å². The molecule has 5 rings (SSSR count). The molecular formula is C24H19N3O2. The van der Waals surface area contributed by atoms with Gasteiger partial charge in [-0.1, -0.05) is 48.5 Å². The van der Waals surface area contributed by atoms with Crippen LogP contribution >= 0.6 is 0 Å². The van der Waals surface area contributed by atoms with E-state index in [1.54, 1.807) is 7.11 Å². The summed E-state index contributed by atoms with van der Waals surface area (Å²) in [7, 11) is 1.64. The summed E-state index contributed by atoms with van der Waals surface area (Å²) in [4.78, 5) is 21.2. The van der Waals surface area contributed by atoms with Gasteiger partial charge in [0.25, 0.3) is 0 Å². The number of H-pyrrole nitrogens is 1. The van der Waals surface area contributed by atoms with E-state index >= 15 is 0 Å². The van der Waals surface area contributed by atoms with Crippen LogP contribution in [0.2, 0.25) is 0 Å². The molecule has 29 heavy (non-hydrogen) atoms. The summed E-state index contributed by atoms with van der Waals surface area (Å²) < 4.78 is 5.28. The highest BCUT2D eigenvalue weighted by Gasteiger charge is 2.35. The van der Waals surface area contributed by atoms with Gasteiger partial charge in [-0.05, 0) is 35.9 Å². The second-order valence-corrected chi connectivity index (χ2v) is 6.95. The number of carbonyl (C=O) groups is 1. The molecule has 5 nitrogen and oxygen atoms in total. The number of methoxy groups -OCH3 is 1. The Kier molecular flexibility index (Phi) is 4.13. The van der Waals surface area contributed by atoms with Crippen molar-refractivity contribution in [3.63, 3.8) is 0 Å². The first-order valence-electron chi connectivity index (χ1n) is 9.44. The lowest BCUT2D eigenvalue weighted by Gasteiger charge is -2.10. The molecule has 142 valence electrons. The monoisotopic (exact) mass is 381 g/mol. The molecule has 3 aromatic carbocycles. The van der Waals surface area contributed by atoms with Crippen LogP contribution in [0, 0.1) is 0 Å². The highest BCUT2D eigenvalue weighted by Crippen LogP contribution is 2.41. The minimum absolute atomic E-state index is 0.0516. The number of hydrogen-bond acceptors (Lipinski definition) is 3. The van der Waals surface area contributed by atoms with E-state index in [1.165, 1.54) is 0 Å². The standard InChI is InChI=1S/C24H19N3O2/c1-29-17-13-11-15(12-14-17)21-22(27-23(26-21)16-7-3-2-4-8-16)20-18-9-5-6-10-19(18)25-24(20)28/h2-14,20H,1H3,(H,25,28)(H,26,27). The molecule has 1 aliphatic rings. The van der Waals surface area contributed by atoms with E-state index in [2.05, 4.69) is 10.3 Å². The Morgan fingerprint density at radius 2 is 1.59 bits per heavy atom. The van der Waals surface area contributed by atoms with Crippen LogP contribution in [0.25, 0.3) is 22.6 Å². The number of benzene rings is 3. The Hall–Kier alpha value is -3.86. The number of imidazole rings is 1. The quantitative estimate of drug-likeness (QED) is 0.532. The number of ether oxygens (including phenoxy) is 1. The summed E-state index contributed by atoms with van der Waals surface area (Å²) >= 11 is 0. The highest BCUT2D eigenvalue weighted by molar-refractivity contribution is 6.05. The molecule has 2 heterocycles. The SMILES string of the molecule is COc1ccc(-c2nc(-c3ccccc3)[nH]c2C2C(=O)Nc3ccccc32)cc1. The molecule has 1 atom stereocenters. The smallest absolute Gasteiger partial charge is 0.238 e. The van der Waals surface area contributed by atoms with Gasteiger partial charge < -0.3 is 15.0 Å². The van der Waals surface area contributed by atoms with E-state index in [1.807, 2.05) is 78.9 Å². The zero-order valence-electron chi connectivity index (χ0n) is 15.8. The second kappa shape index (κ2) is 6.95. The lowest BCUT2D eigenvalue weighted by molar-refractivity contribution is -0.116. The van der Waals surface area contributed by atoms with Gasteiger partial charge in [-0.15, -0.1) is 0 Å². The Morgan fingerprint density at radius 1 is 0.862 bits per heavy atom. The Morgan fingerprint density at radius 3 is 2.34 bits per heavy atom. The number of carbonyl (C=O) groups excluding carboxylic acids is 1. The molecule has 1 aliphatic heterocycles. The number of anilines is 1. The average Bonchev–Trinajstić information content (AvgIpc) is 3.34. The van der Waals surface area contributed by atoms with Crippen molar-refractivity contribution < 1.29 is 9.53 Å². The van der Waals surface area contributed by atoms with Gasteiger partial charge in [-0.25, -0.2) is 4.98 Å². The van der Waals surface area contributed by atoms with Crippen LogP contribution in [0.4, 0.5) is 5.69 Å². The van der Waals surface area contributed by atoms with Gasteiger partial charge in [0.15, 0.2) is 0 Å². The van der Waals surface area contributed by atoms with Crippen LogP contribution in [0.1, 0.15) is 17.2 Å². The minimum Gasteiger partial charge on any atom is -0.497 e. The maximum atomic E-state index is 12.9. The summed E-state index contributed by atoms with van der Waals surface area (Å²) in [5.74, 6) is 1.03. The Labute approximate surface area is 168 Å². The molecule has 0 radical (unpaired) electrons. The molecule has 0 fully saturated rings. The number of amides is 1. The Balaban J connectivity index is 1.69. The van der Waals surface area contributed by atoms with Crippen molar-refractivity contribution in [2.24, 2.45) is 0 Å². The number of para-hydroxylation sites is 1. The minimum atomic E-state index is -0.437. The summed E-state index contributed by atoms with van der Waals surface area (Å²) in [5, 5.41) is 2.99. The van der Waals surface area contributed by atoms with Crippen molar-refractivity contribution in [1.29, 1.82) is 0 Å². The topological polar surface area (TPSA) is 67.0 Å². The van der Waals surface area contributed by atoms with Crippen LogP contribution < -0.4 is 10.1 Å². The number of fused-ring (bicyclic) bond motifs is 1. The molecule has 0 saturated heterocycles. The number of nitrogens with one attached hydrogen (secondary N) is 2. The number of rotatable bonds is 4. The van der Waals surface area contributed by atoms with Crippen molar-refractivity contribution in [2.45, 2.75) is 5.92 Å². The second-order valence-electron chi connectivity index (χ2n) is 6.95. The molecule has 0 saturated carbocycles. The first kappa shape index (κ1) is 17.3. The fraction of sp³-hybridized carbons (Fsp3) is 0.0833. The van der Waals surface area contributed by atoms with E-state index in [4.69, 9.17) is 9.72 Å². The van der Waals surface area contributed by atoms with Crippen LogP contribution in [0.3, 0.4) is 0 Å². The summed E-state index contributed by atoms with van der Waals surface area (Å²) in [5.41, 5.74) is 5.26. The zero-order chi connectivity index (χ0) is 19.8. The van der Waals surface area contributed by atoms with Gasteiger partial charge in [-0.3, -0.25) is 4.79 Å². The maximum Gasteiger partial charge on any atom is 0.238 e. The third-order valence-electron chi connectivity index (χ3n) is 5.22. The Bertz CT molecular complexity index is 1180. The van der Waals surface area contributed by atoms with Crippen LogP contribution in [0.15, 0.2) is 78.9 Å². The predicted molar refractivity (Wildman–Crippen MR) is 113 cm³/mol. The number of nitrogens with zero attached hydrogens (tertiary/aromatic N) is 1. The lowest BCUT2D eigenvalue weighted by atomic mass is 9.94. The van der Waals surface area contributed by atoms with Gasteiger partial charge in [0.1, 0.15) is 17.5 Å². The molecule has 5 heteroatoms. The molecule has 4 aromatic rings. The first-order valence-corrected chi connectivity index (χ1v) is 9.44. The third-order valence-corrected chi connectivity index (χ3v) is 5.22.